The molecule has 0 amide bonds. The number of nitrogens with zero attached hydrogens (tertiary/aromatic N) is 4. The van der Waals surface area contributed by atoms with Crippen LogP contribution in [0.25, 0.3) is 0 Å². The van der Waals surface area contributed by atoms with E-state index in [0.29, 0.717) is 5.95 Å². The molecule has 1 aliphatic rings. The van der Waals surface area contributed by atoms with Gasteiger partial charge in [-0.1, -0.05) is 0 Å². The molecule has 0 radical (unpaired) electrons. The maximum absolute atomic E-state index is 9.29. The molecule has 2 heterocycles. The van der Waals surface area contributed by atoms with E-state index in [1.165, 1.54) is 0 Å². The fourth-order valence-electron chi connectivity index (χ4n) is 1.45. The van der Waals surface area contributed by atoms with Crippen molar-refractivity contribution in [1.82, 2.24) is 15.2 Å². The molecule has 2 rings (SSSR count). The molecule has 1 fully saturated rings. The summed E-state index contributed by atoms with van der Waals surface area (Å²) in [5.41, 5.74) is 0. The quantitative estimate of drug-likeness (QED) is 0.650. The summed E-state index contributed by atoms with van der Waals surface area (Å²) in [4.78, 5) is 6.14. The van der Waals surface area contributed by atoms with Crippen LogP contribution in [0.4, 0.5) is 5.95 Å². The van der Waals surface area contributed by atoms with Crippen LogP contribution in [0.5, 0.6) is 0 Å². The summed E-state index contributed by atoms with van der Waals surface area (Å²) in [6, 6.07) is 0. The van der Waals surface area contributed by atoms with E-state index in [-0.39, 0.29) is 6.10 Å². The van der Waals surface area contributed by atoms with E-state index in [1.54, 1.807) is 12.4 Å². The molecule has 1 saturated heterocycles. The van der Waals surface area contributed by atoms with Gasteiger partial charge >= 0.3 is 0 Å². The maximum Gasteiger partial charge on any atom is 0.245 e. The average Bonchev–Trinajstić information content (AvgIpc) is 2.20. The third kappa shape index (κ3) is 1.92. The first-order valence-corrected chi connectivity index (χ1v) is 4.43. The molecule has 0 bridgehead atoms. The Bertz CT molecular complexity index is 258. The summed E-state index contributed by atoms with van der Waals surface area (Å²) < 4.78 is 0. The van der Waals surface area contributed by atoms with Gasteiger partial charge in [0, 0.05) is 13.1 Å². The van der Waals surface area contributed by atoms with Gasteiger partial charge in [-0.25, -0.2) is 4.98 Å². The third-order valence-electron chi connectivity index (χ3n) is 2.22. The van der Waals surface area contributed by atoms with Gasteiger partial charge in [0.25, 0.3) is 0 Å². The van der Waals surface area contributed by atoms with E-state index in [0.717, 1.165) is 25.9 Å². The SMILES string of the molecule is OC1CCN(c2nccnn2)CC1. The van der Waals surface area contributed by atoms with Crippen LogP contribution in [0.3, 0.4) is 0 Å². The standard InChI is InChI=1S/C8H12N4O/c13-7-1-5-12(6-2-7)8-9-3-4-10-11-8/h3-4,7,13H,1-2,5-6H2. The van der Waals surface area contributed by atoms with Gasteiger partial charge in [-0.05, 0) is 12.8 Å². The van der Waals surface area contributed by atoms with E-state index < -0.39 is 0 Å². The Kier molecular flexibility index (Phi) is 2.35. The predicted molar refractivity (Wildman–Crippen MR) is 47.3 cm³/mol. The van der Waals surface area contributed by atoms with Gasteiger partial charge in [-0.3, -0.25) is 0 Å². The summed E-state index contributed by atoms with van der Waals surface area (Å²) >= 11 is 0. The van der Waals surface area contributed by atoms with Crippen molar-refractivity contribution in [2.24, 2.45) is 0 Å². The Morgan fingerprint density at radius 3 is 2.69 bits per heavy atom. The molecule has 13 heavy (non-hydrogen) atoms. The fourth-order valence-corrected chi connectivity index (χ4v) is 1.45. The zero-order valence-electron chi connectivity index (χ0n) is 7.30. The zero-order valence-corrected chi connectivity index (χ0v) is 7.30. The second-order valence-electron chi connectivity index (χ2n) is 3.16. The van der Waals surface area contributed by atoms with Crippen LogP contribution >= 0.6 is 0 Å². The Hall–Kier alpha value is -1.23. The lowest BCUT2D eigenvalue weighted by Crippen LogP contribution is -2.36. The van der Waals surface area contributed by atoms with Crippen LogP contribution in [-0.4, -0.2) is 39.5 Å². The number of hydrogen-bond donors (Lipinski definition) is 1. The topological polar surface area (TPSA) is 62.1 Å². The highest BCUT2D eigenvalue weighted by molar-refractivity contribution is 5.27. The van der Waals surface area contributed by atoms with Crippen LogP contribution in [0.15, 0.2) is 12.4 Å². The van der Waals surface area contributed by atoms with Crippen molar-refractivity contribution in [3.63, 3.8) is 0 Å². The second kappa shape index (κ2) is 3.66. The largest absolute Gasteiger partial charge is 0.393 e. The lowest BCUT2D eigenvalue weighted by Gasteiger charge is -2.28. The van der Waals surface area contributed by atoms with Crippen molar-refractivity contribution in [2.75, 3.05) is 18.0 Å². The van der Waals surface area contributed by atoms with Gasteiger partial charge in [0.15, 0.2) is 0 Å². The van der Waals surface area contributed by atoms with Gasteiger partial charge in [-0.15, -0.1) is 5.10 Å². The number of hydrogen-bond acceptors (Lipinski definition) is 5. The number of aliphatic hydroxyl groups excluding tert-OH is 1. The zero-order chi connectivity index (χ0) is 9.10. The molecule has 5 heteroatoms. The van der Waals surface area contributed by atoms with Crippen LogP contribution in [0, 0.1) is 0 Å². The van der Waals surface area contributed by atoms with E-state index >= 15 is 0 Å². The number of aromatic nitrogens is 3. The normalized spacial score (nSPS) is 19.0. The van der Waals surface area contributed by atoms with Gasteiger partial charge in [0.05, 0.1) is 18.5 Å². The highest BCUT2D eigenvalue weighted by Crippen LogP contribution is 2.14. The lowest BCUT2D eigenvalue weighted by atomic mass is 10.1. The van der Waals surface area contributed by atoms with E-state index in [2.05, 4.69) is 15.2 Å². The third-order valence-corrected chi connectivity index (χ3v) is 2.22. The molecular weight excluding hydrogens is 168 g/mol. The molecule has 5 nitrogen and oxygen atoms in total. The summed E-state index contributed by atoms with van der Waals surface area (Å²) in [5.74, 6) is 0.661. The van der Waals surface area contributed by atoms with Crippen LogP contribution in [-0.2, 0) is 0 Å². The number of rotatable bonds is 1. The molecule has 70 valence electrons. The van der Waals surface area contributed by atoms with E-state index in [1.807, 2.05) is 4.90 Å². The first-order chi connectivity index (χ1) is 6.36. The molecule has 1 N–H and O–H groups in total. The minimum absolute atomic E-state index is 0.159. The summed E-state index contributed by atoms with van der Waals surface area (Å²) in [6.45, 7) is 1.62. The van der Waals surface area contributed by atoms with Crippen molar-refractivity contribution in [3.05, 3.63) is 12.4 Å². The lowest BCUT2D eigenvalue weighted by molar-refractivity contribution is 0.145. The average molecular weight is 180 g/mol. The molecule has 0 atom stereocenters. The Morgan fingerprint density at radius 1 is 1.31 bits per heavy atom. The molecule has 1 aromatic rings. The van der Waals surface area contributed by atoms with Gasteiger partial charge in [0.2, 0.25) is 5.95 Å². The number of piperidine rings is 1. The number of aliphatic hydroxyl groups is 1. The van der Waals surface area contributed by atoms with Gasteiger partial charge in [-0.2, -0.15) is 5.10 Å². The van der Waals surface area contributed by atoms with E-state index in [4.69, 9.17) is 0 Å². The fraction of sp³-hybridized carbons (Fsp3) is 0.625. The molecule has 1 aromatic heterocycles. The summed E-state index contributed by atoms with van der Waals surface area (Å²) in [7, 11) is 0. The van der Waals surface area contributed by atoms with Gasteiger partial charge in [0.1, 0.15) is 0 Å². The Labute approximate surface area is 76.4 Å². The Morgan fingerprint density at radius 2 is 2.08 bits per heavy atom. The summed E-state index contributed by atoms with van der Waals surface area (Å²) in [5, 5.41) is 17.0. The predicted octanol–water partition coefficient (Wildman–Crippen LogP) is -0.167. The van der Waals surface area contributed by atoms with Gasteiger partial charge < -0.3 is 10.0 Å². The van der Waals surface area contributed by atoms with Crippen LogP contribution in [0.1, 0.15) is 12.8 Å². The minimum Gasteiger partial charge on any atom is -0.393 e. The molecule has 0 saturated carbocycles. The van der Waals surface area contributed by atoms with E-state index in [9.17, 15) is 5.11 Å². The van der Waals surface area contributed by atoms with Crippen molar-refractivity contribution in [2.45, 2.75) is 18.9 Å². The Balaban J connectivity index is 2.03. The molecule has 0 aliphatic carbocycles. The highest BCUT2D eigenvalue weighted by Gasteiger charge is 2.18. The molecule has 0 unspecified atom stereocenters. The molecular formula is C8H12N4O. The van der Waals surface area contributed by atoms with Crippen molar-refractivity contribution in [1.29, 1.82) is 0 Å². The smallest absolute Gasteiger partial charge is 0.245 e. The van der Waals surface area contributed by atoms with Crippen LogP contribution in [0.2, 0.25) is 0 Å². The van der Waals surface area contributed by atoms with Crippen molar-refractivity contribution in [3.8, 4) is 0 Å². The highest BCUT2D eigenvalue weighted by atomic mass is 16.3. The molecule has 0 spiro atoms. The van der Waals surface area contributed by atoms with Crippen molar-refractivity contribution < 1.29 is 5.11 Å². The maximum atomic E-state index is 9.29. The second-order valence-corrected chi connectivity index (χ2v) is 3.16. The minimum atomic E-state index is -0.159. The monoisotopic (exact) mass is 180 g/mol. The molecule has 1 aliphatic heterocycles. The first kappa shape index (κ1) is 8.37. The van der Waals surface area contributed by atoms with Crippen LogP contribution < -0.4 is 4.90 Å². The van der Waals surface area contributed by atoms with Crippen molar-refractivity contribution >= 4 is 5.95 Å². The number of anilines is 1. The summed E-state index contributed by atoms with van der Waals surface area (Å²) in [6.07, 6.45) is 4.61. The first-order valence-electron chi connectivity index (χ1n) is 4.43. The molecule has 0 aromatic carbocycles.